The molecule has 1 aromatic heterocycles. The van der Waals surface area contributed by atoms with Gasteiger partial charge in [0, 0.05) is 18.6 Å². The Morgan fingerprint density at radius 2 is 2.00 bits per heavy atom. The summed E-state index contributed by atoms with van der Waals surface area (Å²) in [5.74, 6) is 2.36. The van der Waals surface area contributed by atoms with Gasteiger partial charge in [0.1, 0.15) is 0 Å². The van der Waals surface area contributed by atoms with E-state index in [1.54, 1.807) is 0 Å². The van der Waals surface area contributed by atoms with Crippen LogP contribution in [0.3, 0.4) is 0 Å². The molecule has 3 unspecified atom stereocenters. The van der Waals surface area contributed by atoms with Crippen molar-refractivity contribution in [3.05, 3.63) is 11.7 Å². The highest BCUT2D eigenvalue weighted by atomic mass is 16.5. The lowest BCUT2D eigenvalue weighted by atomic mass is 9.94. The minimum absolute atomic E-state index is 0.320. The molecule has 0 radical (unpaired) electrons. The molecule has 1 saturated carbocycles. The first-order chi connectivity index (χ1) is 9.88. The zero-order valence-electron chi connectivity index (χ0n) is 12.3. The van der Waals surface area contributed by atoms with Crippen molar-refractivity contribution in [1.29, 1.82) is 0 Å². The van der Waals surface area contributed by atoms with Crippen LogP contribution in [-0.2, 0) is 4.74 Å². The van der Waals surface area contributed by atoms with Crippen molar-refractivity contribution in [2.24, 2.45) is 0 Å². The second-order valence-electron chi connectivity index (χ2n) is 6.04. The third kappa shape index (κ3) is 3.04. The number of hydrogen-bond acceptors (Lipinski definition) is 5. The molecule has 20 heavy (non-hydrogen) atoms. The molecular formula is C15H25N3O2. The van der Waals surface area contributed by atoms with Crippen LogP contribution in [0.1, 0.15) is 68.5 Å². The molecule has 0 spiro atoms. The van der Waals surface area contributed by atoms with Crippen LogP contribution in [0, 0.1) is 0 Å². The summed E-state index contributed by atoms with van der Waals surface area (Å²) in [6.07, 6.45) is 8.41. The van der Waals surface area contributed by atoms with Gasteiger partial charge in [-0.2, -0.15) is 4.98 Å². The Bertz CT molecular complexity index is 415. The Morgan fingerprint density at radius 1 is 1.10 bits per heavy atom. The molecule has 112 valence electrons. The molecule has 2 heterocycles. The maximum atomic E-state index is 5.59. The van der Waals surface area contributed by atoms with Crippen LogP contribution in [0.4, 0.5) is 0 Å². The van der Waals surface area contributed by atoms with Gasteiger partial charge in [-0.25, -0.2) is 0 Å². The monoisotopic (exact) mass is 279 g/mol. The highest BCUT2D eigenvalue weighted by Gasteiger charge is 2.30. The van der Waals surface area contributed by atoms with E-state index in [0.29, 0.717) is 17.9 Å². The smallest absolute Gasteiger partial charge is 0.231 e. The van der Waals surface area contributed by atoms with Gasteiger partial charge < -0.3 is 14.6 Å². The van der Waals surface area contributed by atoms with Gasteiger partial charge in [-0.1, -0.05) is 24.4 Å². The average molecular weight is 279 g/mol. The molecule has 5 heteroatoms. The molecule has 0 amide bonds. The van der Waals surface area contributed by atoms with Crippen molar-refractivity contribution < 1.29 is 9.26 Å². The Labute approximate surface area is 120 Å². The third-order valence-corrected chi connectivity index (χ3v) is 4.69. The zero-order chi connectivity index (χ0) is 13.8. The Balaban J connectivity index is 1.73. The van der Waals surface area contributed by atoms with Gasteiger partial charge in [0.15, 0.2) is 5.82 Å². The van der Waals surface area contributed by atoms with E-state index < -0.39 is 0 Å². The number of rotatable bonds is 3. The number of aromatic nitrogens is 2. The maximum absolute atomic E-state index is 5.59. The first kappa shape index (κ1) is 14.0. The number of nitrogens with zero attached hydrogens (tertiary/aromatic N) is 2. The first-order valence-electron chi connectivity index (χ1n) is 7.97. The van der Waals surface area contributed by atoms with E-state index in [0.717, 1.165) is 44.2 Å². The third-order valence-electron chi connectivity index (χ3n) is 4.69. The number of ether oxygens (including phenoxy) is 1. The van der Waals surface area contributed by atoms with Gasteiger partial charge in [0.2, 0.25) is 5.89 Å². The summed E-state index contributed by atoms with van der Waals surface area (Å²) in [6.45, 7) is 1.60. The molecular weight excluding hydrogens is 254 g/mol. The van der Waals surface area contributed by atoms with E-state index in [2.05, 4.69) is 10.5 Å². The summed E-state index contributed by atoms with van der Waals surface area (Å²) in [7, 11) is 2.04. The van der Waals surface area contributed by atoms with Gasteiger partial charge in [-0.3, -0.25) is 0 Å². The van der Waals surface area contributed by atoms with Crippen molar-refractivity contribution in [3.63, 3.8) is 0 Å². The van der Waals surface area contributed by atoms with Crippen molar-refractivity contribution >= 4 is 0 Å². The molecule has 3 atom stereocenters. The Morgan fingerprint density at radius 3 is 2.80 bits per heavy atom. The van der Waals surface area contributed by atoms with Crippen LogP contribution < -0.4 is 5.32 Å². The average Bonchev–Trinajstić information content (AvgIpc) is 2.87. The Kier molecular flexibility index (Phi) is 4.68. The topological polar surface area (TPSA) is 60.2 Å². The van der Waals surface area contributed by atoms with Crippen LogP contribution >= 0.6 is 0 Å². The van der Waals surface area contributed by atoms with E-state index in [-0.39, 0.29) is 0 Å². The van der Waals surface area contributed by atoms with Crippen molar-refractivity contribution in [1.82, 2.24) is 15.5 Å². The molecule has 2 aliphatic rings. The number of nitrogens with one attached hydrogen (secondary N) is 1. The molecule has 2 fully saturated rings. The van der Waals surface area contributed by atoms with Gasteiger partial charge in [-0.05, 0) is 32.7 Å². The second-order valence-corrected chi connectivity index (χ2v) is 6.04. The lowest BCUT2D eigenvalue weighted by molar-refractivity contribution is 0.0773. The number of hydrogen-bond donors (Lipinski definition) is 1. The quantitative estimate of drug-likeness (QED) is 0.862. The van der Waals surface area contributed by atoms with Crippen LogP contribution in [0.25, 0.3) is 0 Å². The molecule has 1 aliphatic carbocycles. The van der Waals surface area contributed by atoms with Crippen molar-refractivity contribution in [3.8, 4) is 0 Å². The van der Waals surface area contributed by atoms with E-state index >= 15 is 0 Å². The minimum atomic E-state index is 0.320. The van der Waals surface area contributed by atoms with Gasteiger partial charge >= 0.3 is 0 Å². The van der Waals surface area contributed by atoms with Crippen molar-refractivity contribution in [2.45, 2.75) is 62.8 Å². The fraction of sp³-hybridized carbons (Fsp3) is 0.867. The highest BCUT2D eigenvalue weighted by molar-refractivity contribution is 5.03. The molecule has 5 nitrogen and oxygen atoms in total. The van der Waals surface area contributed by atoms with Crippen molar-refractivity contribution in [2.75, 3.05) is 20.3 Å². The summed E-state index contributed by atoms with van der Waals surface area (Å²) < 4.78 is 11.1. The molecule has 3 rings (SSSR count). The van der Waals surface area contributed by atoms with E-state index in [4.69, 9.17) is 14.2 Å². The molecule has 1 aromatic rings. The van der Waals surface area contributed by atoms with E-state index in [1.807, 2.05) is 7.05 Å². The van der Waals surface area contributed by atoms with Crippen LogP contribution in [-0.4, -0.2) is 36.4 Å². The van der Waals surface area contributed by atoms with Crippen LogP contribution in [0.2, 0.25) is 0 Å². The SMILES string of the molecule is CNC1CCCCCC1c1nc(C2CCCOC2)no1. The molecule has 1 saturated heterocycles. The summed E-state index contributed by atoms with van der Waals surface area (Å²) in [5, 5.41) is 7.65. The number of likely N-dealkylation sites (N-methyl/N-ethyl adjacent to an activating group) is 1. The van der Waals surface area contributed by atoms with E-state index in [1.165, 1.54) is 25.7 Å². The lowest BCUT2D eigenvalue weighted by Gasteiger charge is -2.21. The Hall–Kier alpha value is -0.940. The van der Waals surface area contributed by atoms with Gasteiger partial charge in [0.25, 0.3) is 0 Å². The molecule has 1 aliphatic heterocycles. The fourth-order valence-electron chi connectivity index (χ4n) is 3.46. The predicted molar refractivity (Wildman–Crippen MR) is 75.8 cm³/mol. The first-order valence-corrected chi connectivity index (χ1v) is 7.97. The second kappa shape index (κ2) is 6.68. The van der Waals surface area contributed by atoms with Gasteiger partial charge in [0.05, 0.1) is 12.5 Å². The summed E-state index contributed by atoms with van der Waals surface area (Å²) in [4.78, 5) is 4.70. The van der Waals surface area contributed by atoms with Crippen LogP contribution in [0.5, 0.6) is 0 Å². The fourth-order valence-corrected chi connectivity index (χ4v) is 3.46. The largest absolute Gasteiger partial charge is 0.381 e. The summed E-state index contributed by atoms with van der Waals surface area (Å²) in [6, 6.07) is 0.466. The molecule has 0 aromatic carbocycles. The lowest BCUT2D eigenvalue weighted by Crippen LogP contribution is -2.31. The normalized spacial score (nSPS) is 31.9. The van der Waals surface area contributed by atoms with Gasteiger partial charge in [-0.15, -0.1) is 0 Å². The maximum Gasteiger partial charge on any atom is 0.231 e. The molecule has 1 N–H and O–H groups in total. The minimum Gasteiger partial charge on any atom is -0.381 e. The standard InChI is InChI=1S/C15H25N3O2/c1-16-13-8-4-2-3-7-12(13)15-17-14(18-20-15)11-6-5-9-19-10-11/h11-13,16H,2-10H2,1H3. The predicted octanol–water partition coefficient (Wildman–Crippen LogP) is 2.60. The zero-order valence-corrected chi connectivity index (χ0v) is 12.3. The summed E-state index contributed by atoms with van der Waals surface area (Å²) in [5.41, 5.74) is 0. The highest BCUT2D eigenvalue weighted by Crippen LogP contribution is 2.32. The molecule has 0 bridgehead atoms. The summed E-state index contributed by atoms with van der Waals surface area (Å²) >= 11 is 0. The van der Waals surface area contributed by atoms with E-state index in [9.17, 15) is 0 Å². The van der Waals surface area contributed by atoms with Crippen LogP contribution in [0.15, 0.2) is 4.52 Å².